The number of carbonyl (C=O) groups excluding carboxylic acids is 1. The Bertz CT molecular complexity index is 651. The highest BCUT2D eigenvalue weighted by molar-refractivity contribution is 7.14. The number of anilines is 1. The summed E-state index contributed by atoms with van der Waals surface area (Å²) in [5.41, 5.74) is 1.17. The molecule has 3 nitrogen and oxygen atoms in total. The maximum Gasteiger partial charge on any atom is 0.387 e. The van der Waals surface area contributed by atoms with E-state index in [1.807, 2.05) is 13.8 Å². The van der Waals surface area contributed by atoms with Crippen LogP contribution in [-0.2, 0) is 0 Å². The molecule has 0 fully saturated rings. The molecule has 0 aliphatic carbocycles. The van der Waals surface area contributed by atoms with Crippen molar-refractivity contribution in [3.05, 3.63) is 45.4 Å². The molecule has 21 heavy (non-hydrogen) atoms. The van der Waals surface area contributed by atoms with Crippen molar-refractivity contribution in [3.63, 3.8) is 0 Å². The zero-order chi connectivity index (χ0) is 15.6. The van der Waals surface area contributed by atoms with Crippen LogP contribution in [0.15, 0.2) is 24.3 Å². The molecule has 1 amide bonds. The van der Waals surface area contributed by atoms with Crippen molar-refractivity contribution in [1.82, 2.24) is 0 Å². The average molecular weight is 315 g/mol. The lowest BCUT2D eigenvalue weighted by atomic mass is 10.2. The highest BCUT2D eigenvalue weighted by Gasteiger charge is 2.14. The molecule has 0 atom stereocenters. The third-order valence-corrected chi connectivity index (χ3v) is 3.95. The van der Waals surface area contributed by atoms with Crippen molar-refractivity contribution >= 4 is 22.9 Å². The Hall–Kier alpha value is -2.02. The molecule has 2 rings (SSSR count). The van der Waals surface area contributed by atoms with E-state index in [4.69, 9.17) is 0 Å². The molecule has 112 valence electrons. The molecule has 0 saturated heterocycles. The van der Waals surface area contributed by atoms with E-state index < -0.39 is 18.2 Å². The van der Waals surface area contributed by atoms with E-state index in [-0.39, 0.29) is 11.6 Å². The molecule has 2 aromatic rings. The van der Waals surface area contributed by atoms with Crippen LogP contribution in [0.4, 0.5) is 18.9 Å². The molecule has 0 aliphatic rings. The Morgan fingerprint density at radius 1 is 1.29 bits per heavy atom. The van der Waals surface area contributed by atoms with Crippen LogP contribution in [0.5, 0.6) is 5.75 Å². The van der Waals surface area contributed by atoms with E-state index in [2.05, 4.69) is 10.1 Å². The summed E-state index contributed by atoms with van der Waals surface area (Å²) in [4.78, 5) is 13.5. The zero-order valence-corrected chi connectivity index (χ0v) is 12.1. The van der Waals surface area contributed by atoms with Gasteiger partial charge in [0.2, 0.25) is 0 Å². The fourth-order valence-corrected chi connectivity index (χ4v) is 2.58. The van der Waals surface area contributed by atoms with Crippen LogP contribution in [0.2, 0.25) is 0 Å². The molecule has 0 aliphatic heterocycles. The molecule has 1 heterocycles. The van der Waals surface area contributed by atoms with Crippen molar-refractivity contribution in [2.45, 2.75) is 20.5 Å². The molecule has 1 aromatic carbocycles. The van der Waals surface area contributed by atoms with Gasteiger partial charge < -0.3 is 10.1 Å². The van der Waals surface area contributed by atoms with Crippen LogP contribution in [-0.4, -0.2) is 12.5 Å². The molecule has 1 aromatic heterocycles. The summed E-state index contributed by atoms with van der Waals surface area (Å²) in [7, 11) is 0. The Labute approximate surface area is 123 Å². The first kappa shape index (κ1) is 15.4. The summed E-state index contributed by atoms with van der Waals surface area (Å²) >= 11 is 1.33. The zero-order valence-electron chi connectivity index (χ0n) is 11.2. The number of rotatable bonds is 4. The van der Waals surface area contributed by atoms with Gasteiger partial charge in [0.1, 0.15) is 0 Å². The second-order valence-electron chi connectivity index (χ2n) is 4.33. The summed E-state index contributed by atoms with van der Waals surface area (Å²) in [5, 5.41) is 2.51. The highest BCUT2D eigenvalue weighted by Crippen LogP contribution is 2.25. The molecule has 7 heteroatoms. The van der Waals surface area contributed by atoms with Crippen LogP contribution < -0.4 is 10.1 Å². The van der Waals surface area contributed by atoms with Gasteiger partial charge in [-0.3, -0.25) is 4.79 Å². The molecule has 0 unspecified atom stereocenters. The second-order valence-corrected chi connectivity index (χ2v) is 5.58. The van der Waals surface area contributed by atoms with Gasteiger partial charge >= 0.3 is 6.61 Å². The normalized spacial score (nSPS) is 10.8. The number of aryl methyl sites for hydroxylation is 2. The van der Waals surface area contributed by atoms with E-state index in [0.29, 0.717) is 4.88 Å². The molecule has 0 saturated carbocycles. The molecule has 0 bridgehead atoms. The Kier molecular flexibility index (Phi) is 4.52. The third-order valence-electron chi connectivity index (χ3n) is 2.80. The van der Waals surface area contributed by atoms with Crippen molar-refractivity contribution in [2.24, 2.45) is 0 Å². The van der Waals surface area contributed by atoms with E-state index in [1.165, 1.54) is 17.4 Å². The number of amides is 1. The van der Waals surface area contributed by atoms with E-state index in [0.717, 1.165) is 22.6 Å². The number of hydrogen-bond acceptors (Lipinski definition) is 3. The van der Waals surface area contributed by atoms with Gasteiger partial charge in [-0.1, -0.05) is 0 Å². The molecule has 0 spiro atoms. The summed E-state index contributed by atoms with van der Waals surface area (Å²) in [6.07, 6.45) is 0. The molecular formula is C14H12F3NO2S. The Morgan fingerprint density at radius 3 is 2.52 bits per heavy atom. The first-order valence-electron chi connectivity index (χ1n) is 5.99. The largest absolute Gasteiger partial charge is 0.432 e. The minimum atomic E-state index is -3.10. The van der Waals surface area contributed by atoms with E-state index >= 15 is 0 Å². The number of thiophene rings is 1. The maximum absolute atomic E-state index is 13.5. The van der Waals surface area contributed by atoms with Gasteiger partial charge in [0, 0.05) is 16.6 Å². The number of benzene rings is 1. The predicted molar refractivity (Wildman–Crippen MR) is 74.8 cm³/mol. The minimum absolute atomic E-state index is 0.169. The van der Waals surface area contributed by atoms with Crippen molar-refractivity contribution < 1.29 is 22.7 Å². The third kappa shape index (κ3) is 3.75. The van der Waals surface area contributed by atoms with Gasteiger partial charge in [-0.25, -0.2) is 4.39 Å². The standard InChI is InChI=1S/C14H12F3NO2S/c1-7-5-12(21-8(7)2)13(19)18-9-3-4-11(10(15)6-9)20-14(16)17/h3-6,14H,1-2H3,(H,18,19). The fourth-order valence-electron chi connectivity index (χ4n) is 1.65. The van der Waals surface area contributed by atoms with Crippen LogP contribution in [0.1, 0.15) is 20.1 Å². The van der Waals surface area contributed by atoms with Gasteiger partial charge in [0.25, 0.3) is 5.91 Å². The van der Waals surface area contributed by atoms with Gasteiger partial charge in [0.05, 0.1) is 4.88 Å². The number of hydrogen-bond donors (Lipinski definition) is 1. The van der Waals surface area contributed by atoms with Crippen LogP contribution in [0.3, 0.4) is 0 Å². The second kappa shape index (κ2) is 6.17. The first-order valence-corrected chi connectivity index (χ1v) is 6.81. The van der Waals surface area contributed by atoms with Crippen molar-refractivity contribution in [2.75, 3.05) is 5.32 Å². The number of carbonyl (C=O) groups is 1. The van der Waals surface area contributed by atoms with E-state index in [1.54, 1.807) is 6.07 Å². The Balaban J connectivity index is 2.12. The monoisotopic (exact) mass is 315 g/mol. The first-order chi connectivity index (χ1) is 9.86. The van der Waals surface area contributed by atoms with E-state index in [9.17, 15) is 18.0 Å². The predicted octanol–water partition coefficient (Wildman–Crippen LogP) is 4.36. The topological polar surface area (TPSA) is 38.3 Å². The van der Waals surface area contributed by atoms with Gasteiger partial charge in [-0.2, -0.15) is 8.78 Å². The summed E-state index contributed by atoms with van der Waals surface area (Å²) in [6, 6.07) is 5.01. The fraction of sp³-hybridized carbons (Fsp3) is 0.214. The smallest absolute Gasteiger partial charge is 0.387 e. The molecular weight excluding hydrogens is 303 g/mol. The van der Waals surface area contributed by atoms with Crippen molar-refractivity contribution in [1.29, 1.82) is 0 Å². The number of nitrogens with one attached hydrogen (secondary N) is 1. The summed E-state index contributed by atoms with van der Waals surface area (Å²) in [6.45, 7) is 0.683. The maximum atomic E-state index is 13.5. The lowest BCUT2D eigenvalue weighted by Crippen LogP contribution is -2.11. The van der Waals surface area contributed by atoms with Gasteiger partial charge in [-0.05, 0) is 37.6 Å². The highest BCUT2D eigenvalue weighted by atomic mass is 32.1. The molecule has 0 radical (unpaired) electrons. The summed E-state index contributed by atoms with van der Waals surface area (Å²) in [5.74, 6) is -1.91. The Morgan fingerprint density at radius 2 is 2.00 bits per heavy atom. The lowest BCUT2D eigenvalue weighted by molar-refractivity contribution is -0.0521. The average Bonchev–Trinajstić information content (AvgIpc) is 2.73. The van der Waals surface area contributed by atoms with Crippen LogP contribution in [0, 0.1) is 19.7 Å². The van der Waals surface area contributed by atoms with Gasteiger partial charge in [-0.15, -0.1) is 11.3 Å². The summed E-state index contributed by atoms with van der Waals surface area (Å²) < 4.78 is 41.5. The number of halogens is 3. The minimum Gasteiger partial charge on any atom is -0.432 e. The SMILES string of the molecule is Cc1cc(C(=O)Nc2ccc(OC(F)F)c(F)c2)sc1C. The van der Waals surface area contributed by atoms with Crippen molar-refractivity contribution in [3.8, 4) is 5.75 Å². The number of alkyl halides is 2. The molecule has 1 N–H and O–H groups in total. The van der Waals surface area contributed by atoms with Crippen LogP contribution in [0.25, 0.3) is 0 Å². The quantitative estimate of drug-likeness (QED) is 0.910. The van der Waals surface area contributed by atoms with Crippen LogP contribution >= 0.6 is 11.3 Å². The van der Waals surface area contributed by atoms with Gasteiger partial charge in [0.15, 0.2) is 11.6 Å². The lowest BCUT2D eigenvalue weighted by Gasteiger charge is -2.08. The number of ether oxygens (including phenoxy) is 1.